The van der Waals surface area contributed by atoms with Crippen LogP contribution in [0.5, 0.6) is 0 Å². The average molecular weight is 279 g/mol. The molecule has 0 aliphatic rings. The SMILES string of the molecule is C=CCc1ccc(-c2nc3ccccc3s2)cc1CC. The molecular formula is C18H17NS. The van der Waals surface area contributed by atoms with Crippen LogP contribution in [0.3, 0.4) is 0 Å². The van der Waals surface area contributed by atoms with E-state index in [1.165, 1.54) is 21.4 Å². The summed E-state index contributed by atoms with van der Waals surface area (Å²) < 4.78 is 1.25. The Morgan fingerprint density at radius 2 is 2.00 bits per heavy atom. The second kappa shape index (κ2) is 5.59. The first-order chi connectivity index (χ1) is 9.81. The first-order valence-corrected chi connectivity index (χ1v) is 7.72. The van der Waals surface area contributed by atoms with E-state index in [1.54, 1.807) is 11.3 Å². The molecule has 0 radical (unpaired) electrons. The van der Waals surface area contributed by atoms with Crippen LogP contribution < -0.4 is 0 Å². The maximum absolute atomic E-state index is 4.73. The van der Waals surface area contributed by atoms with E-state index in [0.717, 1.165) is 23.4 Å². The summed E-state index contributed by atoms with van der Waals surface area (Å²) in [7, 11) is 0. The third kappa shape index (κ3) is 2.39. The van der Waals surface area contributed by atoms with Gasteiger partial charge in [0, 0.05) is 5.56 Å². The number of hydrogen-bond donors (Lipinski definition) is 0. The summed E-state index contributed by atoms with van der Waals surface area (Å²) in [6, 6.07) is 15.0. The van der Waals surface area contributed by atoms with Crippen molar-refractivity contribution in [3.63, 3.8) is 0 Å². The molecule has 0 fully saturated rings. The largest absolute Gasteiger partial charge is 0.236 e. The van der Waals surface area contributed by atoms with Crippen molar-refractivity contribution in [2.24, 2.45) is 0 Å². The quantitative estimate of drug-likeness (QED) is 0.594. The van der Waals surface area contributed by atoms with E-state index >= 15 is 0 Å². The van der Waals surface area contributed by atoms with Crippen LogP contribution in [0.25, 0.3) is 20.8 Å². The lowest BCUT2D eigenvalue weighted by atomic mass is 10.00. The van der Waals surface area contributed by atoms with E-state index < -0.39 is 0 Å². The molecule has 0 N–H and O–H groups in total. The molecule has 100 valence electrons. The van der Waals surface area contributed by atoms with Crippen LogP contribution in [0.15, 0.2) is 55.1 Å². The third-order valence-corrected chi connectivity index (χ3v) is 4.58. The smallest absolute Gasteiger partial charge is 0.124 e. The molecule has 20 heavy (non-hydrogen) atoms. The molecule has 0 saturated carbocycles. The van der Waals surface area contributed by atoms with E-state index in [1.807, 2.05) is 12.1 Å². The average Bonchev–Trinajstić information content (AvgIpc) is 2.92. The van der Waals surface area contributed by atoms with Crippen molar-refractivity contribution in [3.05, 3.63) is 66.2 Å². The lowest BCUT2D eigenvalue weighted by Crippen LogP contribution is -1.92. The number of allylic oxidation sites excluding steroid dienone is 1. The Hall–Kier alpha value is -1.93. The fourth-order valence-corrected chi connectivity index (χ4v) is 3.40. The summed E-state index contributed by atoms with van der Waals surface area (Å²) in [5.74, 6) is 0. The summed E-state index contributed by atoms with van der Waals surface area (Å²) in [4.78, 5) is 4.73. The van der Waals surface area contributed by atoms with Gasteiger partial charge in [-0.05, 0) is 42.2 Å². The second-order valence-corrected chi connectivity index (χ2v) is 5.85. The Morgan fingerprint density at radius 1 is 1.15 bits per heavy atom. The standard InChI is InChI=1S/C18H17NS/c1-3-7-14-10-11-15(12-13(14)4-2)18-19-16-8-5-6-9-17(16)20-18/h3,5-6,8-12H,1,4,7H2,2H3. The first-order valence-electron chi connectivity index (χ1n) is 6.90. The Kier molecular flexibility index (Phi) is 3.66. The Morgan fingerprint density at radius 3 is 2.75 bits per heavy atom. The van der Waals surface area contributed by atoms with Crippen molar-refractivity contribution in [1.29, 1.82) is 0 Å². The number of hydrogen-bond acceptors (Lipinski definition) is 2. The van der Waals surface area contributed by atoms with E-state index in [9.17, 15) is 0 Å². The van der Waals surface area contributed by atoms with Gasteiger partial charge in [-0.25, -0.2) is 4.98 Å². The zero-order valence-corrected chi connectivity index (χ0v) is 12.4. The van der Waals surface area contributed by atoms with Crippen molar-refractivity contribution in [2.75, 3.05) is 0 Å². The fraction of sp³-hybridized carbons (Fsp3) is 0.167. The molecule has 0 atom stereocenters. The number of rotatable bonds is 4. The Labute approximate surface area is 123 Å². The van der Waals surface area contributed by atoms with E-state index in [0.29, 0.717) is 0 Å². The van der Waals surface area contributed by atoms with Gasteiger partial charge in [-0.15, -0.1) is 17.9 Å². The van der Waals surface area contributed by atoms with Crippen molar-refractivity contribution >= 4 is 21.6 Å². The molecule has 0 bridgehead atoms. The van der Waals surface area contributed by atoms with Crippen LogP contribution >= 0.6 is 11.3 Å². The van der Waals surface area contributed by atoms with Gasteiger partial charge in [-0.3, -0.25) is 0 Å². The molecule has 0 spiro atoms. The molecule has 2 heteroatoms. The molecular weight excluding hydrogens is 262 g/mol. The van der Waals surface area contributed by atoms with Crippen LogP contribution in [0, 0.1) is 0 Å². The highest BCUT2D eigenvalue weighted by molar-refractivity contribution is 7.21. The van der Waals surface area contributed by atoms with Crippen LogP contribution in [-0.4, -0.2) is 4.98 Å². The van der Waals surface area contributed by atoms with Gasteiger partial charge in [-0.1, -0.05) is 37.3 Å². The van der Waals surface area contributed by atoms with Gasteiger partial charge in [0.2, 0.25) is 0 Å². The highest BCUT2D eigenvalue weighted by Gasteiger charge is 2.08. The minimum Gasteiger partial charge on any atom is -0.236 e. The molecule has 2 aromatic carbocycles. The summed E-state index contributed by atoms with van der Waals surface area (Å²) in [5.41, 5.74) is 5.06. The maximum atomic E-state index is 4.73. The second-order valence-electron chi connectivity index (χ2n) is 4.82. The molecule has 3 aromatic rings. The monoisotopic (exact) mass is 279 g/mol. The fourth-order valence-electron chi connectivity index (χ4n) is 2.44. The number of aromatic nitrogens is 1. The zero-order chi connectivity index (χ0) is 13.9. The van der Waals surface area contributed by atoms with Crippen molar-refractivity contribution in [3.8, 4) is 10.6 Å². The maximum Gasteiger partial charge on any atom is 0.124 e. The molecule has 0 amide bonds. The molecule has 1 nitrogen and oxygen atoms in total. The van der Waals surface area contributed by atoms with E-state index in [-0.39, 0.29) is 0 Å². The number of thiazole rings is 1. The lowest BCUT2D eigenvalue weighted by molar-refractivity contribution is 1.08. The van der Waals surface area contributed by atoms with Crippen LogP contribution in [-0.2, 0) is 12.8 Å². The van der Waals surface area contributed by atoms with E-state index in [4.69, 9.17) is 4.98 Å². The van der Waals surface area contributed by atoms with Gasteiger partial charge in [0.25, 0.3) is 0 Å². The predicted octanol–water partition coefficient (Wildman–Crippen LogP) is 5.25. The van der Waals surface area contributed by atoms with Crippen molar-refractivity contribution in [2.45, 2.75) is 19.8 Å². The molecule has 0 aliphatic carbocycles. The van der Waals surface area contributed by atoms with Crippen molar-refractivity contribution < 1.29 is 0 Å². The van der Waals surface area contributed by atoms with Gasteiger partial charge in [0.15, 0.2) is 0 Å². The summed E-state index contributed by atoms with van der Waals surface area (Å²) >= 11 is 1.76. The first kappa shape index (κ1) is 13.1. The summed E-state index contributed by atoms with van der Waals surface area (Å²) in [6.07, 6.45) is 3.94. The molecule has 0 saturated heterocycles. The number of aryl methyl sites for hydroxylation is 1. The van der Waals surface area contributed by atoms with Gasteiger partial charge < -0.3 is 0 Å². The lowest BCUT2D eigenvalue weighted by Gasteiger charge is -2.07. The van der Waals surface area contributed by atoms with Gasteiger partial charge >= 0.3 is 0 Å². The topological polar surface area (TPSA) is 12.9 Å². The van der Waals surface area contributed by atoms with Gasteiger partial charge in [-0.2, -0.15) is 0 Å². The molecule has 0 aliphatic heterocycles. The molecule has 3 rings (SSSR count). The van der Waals surface area contributed by atoms with Gasteiger partial charge in [0.05, 0.1) is 10.2 Å². The zero-order valence-electron chi connectivity index (χ0n) is 11.6. The van der Waals surface area contributed by atoms with Crippen molar-refractivity contribution in [1.82, 2.24) is 4.98 Å². The van der Waals surface area contributed by atoms with E-state index in [2.05, 4.69) is 49.9 Å². The highest BCUT2D eigenvalue weighted by Crippen LogP contribution is 2.31. The molecule has 0 unspecified atom stereocenters. The van der Waals surface area contributed by atoms with Gasteiger partial charge in [0.1, 0.15) is 5.01 Å². The highest BCUT2D eigenvalue weighted by atomic mass is 32.1. The van der Waals surface area contributed by atoms with Crippen LogP contribution in [0.1, 0.15) is 18.1 Å². The molecule has 1 aromatic heterocycles. The summed E-state index contributed by atoms with van der Waals surface area (Å²) in [6.45, 7) is 6.03. The number of benzene rings is 2. The molecule has 1 heterocycles. The number of para-hydroxylation sites is 1. The number of nitrogens with zero attached hydrogens (tertiary/aromatic N) is 1. The minimum atomic E-state index is 0.934. The third-order valence-electron chi connectivity index (χ3n) is 3.49. The Bertz CT molecular complexity index is 722. The van der Waals surface area contributed by atoms with Crippen LogP contribution in [0.2, 0.25) is 0 Å². The normalized spacial score (nSPS) is 10.8. The Balaban J connectivity index is 2.07. The number of fused-ring (bicyclic) bond motifs is 1. The van der Waals surface area contributed by atoms with Crippen LogP contribution in [0.4, 0.5) is 0 Å². The minimum absolute atomic E-state index is 0.934. The predicted molar refractivity (Wildman–Crippen MR) is 88.3 cm³/mol. The summed E-state index contributed by atoms with van der Waals surface area (Å²) in [5, 5.41) is 1.10.